The Labute approximate surface area is 191 Å². The van der Waals surface area contributed by atoms with E-state index in [0.717, 1.165) is 30.4 Å². The number of hydrogen-bond acceptors (Lipinski definition) is 6. The van der Waals surface area contributed by atoms with Gasteiger partial charge in [0.2, 0.25) is 0 Å². The van der Waals surface area contributed by atoms with Crippen LogP contribution < -0.4 is 0 Å². The SMILES string of the molecule is O=S(=O)(CCSc1nnc(Cc2cccs2)n1CCc1ccccc1)c1ccccc1. The van der Waals surface area contributed by atoms with Crippen LogP contribution in [0.25, 0.3) is 0 Å². The smallest absolute Gasteiger partial charge is 0.191 e. The second-order valence-electron chi connectivity index (χ2n) is 7.02. The van der Waals surface area contributed by atoms with Crippen molar-refractivity contribution < 1.29 is 8.42 Å². The van der Waals surface area contributed by atoms with Gasteiger partial charge in [-0.25, -0.2) is 8.42 Å². The van der Waals surface area contributed by atoms with Crippen LogP contribution >= 0.6 is 23.1 Å². The Kier molecular flexibility index (Phi) is 7.21. The number of sulfone groups is 1. The highest BCUT2D eigenvalue weighted by molar-refractivity contribution is 8.00. The molecular weight excluding hydrogens is 446 g/mol. The zero-order valence-electron chi connectivity index (χ0n) is 16.9. The van der Waals surface area contributed by atoms with Gasteiger partial charge < -0.3 is 4.57 Å². The molecule has 2 heterocycles. The summed E-state index contributed by atoms with van der Waals surface area (Å²) in [5, 5.41) is 11.6. The summed E-state index contributed by atoms with van der Waals surface area (Å²) < 4.78 is 27.3. The van der Waals surface area contributed by atoms with Crippen LogP contribution in [-0.4, -0.2) is 34.7 Å². The van der Waals surface area contributed by atoms with Crippen LogP contribution in [0.2, 0.25) is 0 Å². The molecule has 31 heavy (non-hydrogen) atoms. The van der Waals surface area contributed by atoms with E-state index in [-0.39, 0.29) is 5.75 Å². The third kappa shape index (κ3) is 5.84. The molecule has 160 valence electrons. The minimum Gasteiger partial charge on any atom is -0.305 e. The van der Waals surface area contributed by atoms with Gasteiger partial charge in [-0.15, -0.1) is 21.5 Å². The Hall–Kier alpha value is -2.42. The lowest BCUT2D eigenvalue weighted by atomic mass is 10.1. The lowest BCUT2D eigenvalue weighted by Gasteiger charge is -2.10. The summed E-state index contributed by atoms with van der Waals surface area (Å²) in [6.45, 7) is 0.755. The summed E-state index contributed by atoms with van der Waals surface area (Å²) in [6.07, 6.45) is 1.59. The van der Waals surface area contributed by atoms with Crippen molar-refractivity contribution in [3.63, 3.8) is 0 Å². The third-order valence-corrected chi connectivity index (χ3v) is 8.69. The van der Waals surface area contributed by atoms with Crippen LogP contribution in [0.15, 0.2) is 88.2 Å². The third-order valence-electron chi connectivity index (χ3n) is 4.86. The normalized spacial score (nSPS) is 11.6. The molecule has 0 aliphatic carbocycles. The minimum absolute atomic E-state index is 0.0630. The van der Waals surface area contributed by atoms with Crippen molar-refractivity contribution in [3.05, 3.63) is 94.4 Å². The Bertz CT molecular complexity index is 1190. The van der Waals surface area contributed by atoms with Crippen molar-refractivity contribution in [2.75, 3.05) is 11.5 Å². The van der Waals surface area contributed by atoms with Gasteiger partial charge in [-0.2, -0.15) is 0 Å². The van der Waals surface area contributed by atoms with Crippen LogP contribution in [0.3, 0.4) is 0 Å². The molecule has 4 rings (SSSR count). The highest BCUT2D eigenvalue weighted by Gasteiger charge is 2.17. The topological polar surface area (TPSA) is 64.8 Å². The quantitative estimate of drug-likeness (QED) is 0.314. The molecule has 0 radical (unpaired) electrons. The molecule has 4 aromatic rings. The summed E-state index contributed by atoms with van der Waals surface area (Å²) in [7, 11) is -3.31. The highest BCUT2D eigenvalue weighted by atomic mass is 32.2. The number of aryl methyl sites for hydroxylation is 1. The van der Waals surface area contributed by atoms with Gasteiger partial charge in [-0.05, 0) is 35.6 Å². The fourth-order valence-corrected chi connectivity index (χ4v) is 6.58. The second-order valence-corrected chi connectivity index (χ2v) is 11.2. The van der Waals surface area contributed by atoms with E-state index in [9.17, 15) is 8.42 Å². The molecule has 2 aromatic heterocycles. The molecule has 0 atom stereocenters. The van der Waals surface area contributed by atoms with Crippen molar-refractivity contribution >= 4 is 32.9 Å². The summed E-state index contributed by atoms with van der Waals surface area (Å²) in [4.78, 5) is 1.59. The fraction of sp³-hybridized carbons (Fsp3) is 0.217. The Balaban J connectivity index is 1.47. The molecule has 0 fully saturated rings. The average Bonchev–Trinajstić information content (AvgIpc) is 3.44. The number of aromatic nitrogens is 3. The predicted octanol–water partition coefficient (Wildman–Crippen LogP) is 4.74. The summed E-state index contributed by atoms with van der Waals surface area (Å²) in [5.74, 6) is 1.40. The molecule has 0 bridgehead atoms. The molecule has 0 N–H and O–H groups in total. The van der Waals surface area contributed by atoms with Crippen LogP contribution in [0.1, 0.15) is 16.3 Å². The van der Waals surface area contributed by atoms with Crippen LogP contribution in [-0.2, 0) is 29.2 Å². The predicted molar refractivity (Wildman–Crippen MR) is 127 cm³/mol. The first-order chi connectivity index (χ1) is 15.1. The lowest BCUT2D eigenvalue weighted by molar-refractivity contribution is 0.597. The Morgan fingerprint density at radius 1 is 0.903 bits per heavy atom. The van der Waals surface area contributed by atoms with Crippen molar-refractivity contribution in [1.82, 2.24) is 14.8 Å². The van der Waals surface area contributed by atoms with E-state index in [1.165, 1.54) is 22.2 Å². The van der Waals surface area contributed by atoms with Gasteiger partial charge in [0, 0.05) is 23.6 Å². The molecular formula is C23H23N3O2S3. The van der Waals surface area contributed by atoms with E-state index in [4.69, 9.17) is 0 Å². The Morgan fingerprint density at radius 2 is 1.65 bits per heavy atom. The lowest BCUT2D eigenvalue weighted by Crippen LogP contribution is -2.11. The van der Waals surface area contributed by atoms with Gasteiger partial charge in [0.25, 0.3) is 0 Å². The number of rotatable bonds is 10. The highest BCUT2D eigenvalue weighted by Crippen LogP contribution is 2.22. The molecule has 0 spiro atoms. The second kappa shape index (κ2) is 10.3. The van der Waals surface area contributed by atoms with Crippen LogP contribution in [0.5, 0.6) is 0 Å². The maximum absolute atomic E-state index is 12.6. The van der Waals surface area contributed by atoms with Gasteiger partial charge in [0.15, 0.2) is 15.0 Å². The monoisotopic (exact) mass is 469 g/mol. The van der Waals surface area contributed by atoms with Crippen molar-refractivity contribution in [2.24, 2.45) is 0 Å². The zero-order chi connectivity index (χ0) is 21.5. The molecule has 0 saturated heterocycles. The maximum atomic E-state index is 12.6. The van der Waals surface area contributed by atoms with E-state index < -0.39 is 9.84 Å². The van der Waals surface area contributed by atoms with E-state index in [2.05, 4.69) is 38.3 Å². The van der Waals surface area contributed by atoms with Gasteiger partial charge in [0.1, 0.15) is 5.82 Å². The first-order valence-electron chi connectivity index (χ1n) is 10.0. The molecule has 0 amide bonds. The molecule has 0 aliphatic heterocycles. The zero-order valence-corrected chi connectivity index (χ0v) is 19.4. The molecule has 2 aromatic carbocycles. The number of benzene rings is 2. The number of thioether (sulfide) groups is 1. The Morgan fingerprint density at radius 3 is 2.35 bits per heavy atom. The maximum Gasteiger partial charge on any atom is 0.191 e. The first kappa shape index (κ1) is 21.8. The number of thiophene rings is 1. The van der Waals surface area contributed by atoms with Gasteiger partial charge in [-0.3, -0.25) is 0 Å². The number of nitrogens with zero attached hydrogens (tertiary/aromatic N) is 3. The van der Waals surface area contributed by atoms with E-state index in [1.807, 2.05) is 30.3 Å². The van der Waals surface area contributed by atoms with Gasteiger partial charge >= 0.3 is 0 Å². The van der Waals surface area contributed by atoms with Crippen molar-refractivity contribution in [1.29, 1.82) is 0 Å². The number of hydrogen-bond donors (Lipinski definition) is 0. The summed E-state index contributed by atoms with van der Waals surface area (Å²) in [5.41, 5.74) is 1.25. The molecule has 8 heteroatoms. The van der Waals surface area contributed by atoms with Crippen molar-refractivity contribution in [2.45, 2.75) is 29.4 Å². The fourth-order valence-electron chi connectivity index (χ4n) is 3.22. The standard InChI is InChI=1S/C23H23N3O2S3/c27-31(28,21-11-5-2-6-12-21)17-16-30-23-25-24-22(18-20-10-7-15-29-20)26(23)14-13-19-8-3-1-4-9-19/h1-12,15H,13-14,16-18H2. The van der Waals surface area contributed by atoms with Crippen LogP contribution in [0.4, 0.5) is 0 Å². The van der Waals surface area contributed by atoms with Crippen molar-refractivity contribution in [3.8, 4) is 0 Å². The molecule has 5 nitrogen and oxygen atoms in total. The average molecular weight is 470 g/mol. The molecule has 0 saturated carbocycles. The van der Waals surface area contributed by atoms with Crippen LogP contribution in [0, 0.1) is 0 Å². The molecule has 0 aliphatic rings. The van der Waals surface area contributed by atoms with Gasteiger partial charge in [-0.1, -0.05) is 66.4 Å². The summed E-state index contributed by atoms with van der Waals surface area (Å²) >= 11 is 3.15. The van der Waals surface area contributed by atoms with Gasteiger partial charge in [0.05, 0.1) is 10.6 Å². The van der Waals surface area contributed by atoms with E-state index in [0.29, 0.717) is 10.6 Å². The van der Waals surface area contributed by atoms with E-state index in [1.54, 1.807) is 35.6 Å². The van der Waals surface area contributed by atoms with E-state index >= 15 is 0 Å². The molecule has 0 unspecified atom stereocenters. The first-order valence-corrected chi connectivity index (χ1v) is 13.5. The minimum atomic E-state index is -3.31. The summed E-state index contributed by atoms with van der Waals surface area (Å²) in [6, 6.07) is 23.0. The largest absolute Gasteiger partial charge is 0.305 e.